The number of amides is 1. The van der Waals surface area contributed by atoms with Crippen molar-refractivity contribution >= 4 is 28.9 Å². The van der Waals surface area contributed by atoms with Crippen molar-refractivity contribution in [3.8, 4) is 11.4 Å². The van der Waals surface area contributed by atoms with Crippen LogP contribution < -0.4 is 16.2 Å². The van der Waals surface area contributed by atoms with E-state index in [0.717, 1.165) is 16.0 Å². The number of carbonyl (C=O) groups is 1. The minimum absolute atomic E-state index is 0.159. The molecule has 0 spiro atoms. The summed E-state index contributed by atoms with van der Waals surface area (Å²) in [5.41, 5.74) is 8.81. The molecule has 0 saturated carbocycles. The molecule has 0 atom stereocenters. The van der Waals surface area contributed by atoms with Crippen molar-refractivity contribution in [2.75, 3.05) is 5.32 Å². The van der Waals surface area contributed by atoms with Crippen molar-refractivity contribution in [1.82, 2.24) is 31.1 Å². The molecule has 3 aromatic rings. The second kappa shape index (κ2) is 8.53. The van der Waals surface area contributed by atoms with Crippen molar-refractivity contribution in [2.45, 2.75) is 20.4 Å². The molecule has 3 rings (SSSR count). The lowest BCUT2D eigenvalue weighted by atomic mass is 10.1. The number of hydrazine groups is 1. The van der Waals surface area contributed by atoms with Gasteiger partial charge >= 0.3 is 0 Å². The Morgan fingerprint density at radius 2 is 1.86 bits per heavy atom. The van der Waals surface area contributed by atoms with Crippen LogP contribution in [0.4, 0.5) is 10.1 Å². The first-order valence-corrected chi connectivity index (χ1v) is 8.78. The van der Waals surface area contributed by atoms with Crippen molar-refractivity contribution < 1.29 is 9.18 Å². The maximum atomic E-state index is 13.0. The van der Waals surface area contributed by atoms with Gasteiger partial charge in [0.1, 0.15) is 12.4 Å². The molecule has 144 valence electrons. The van der Waals surface area contributed by atoms with Crippen molar-refractivity contribution in [2.24, 2.45) is 0 Å². The van der Waals surface area contributed by atoms with Crippen LogP contribution in [0.25, 0.3) is 11.4 Å². The number of rotatable bonds is 4. The lowest BCUT2D eigenvalue weighted by Gasteiger charge is -2.12. The Morgan fingerprint density at radius 3 is 2.57 bits per heavy atom. The van der Waals surface area contributed by atoms with Gasteiger partial charge in [0, 0.05) is 11.3 Å². The van der Waals surface area contributed by atoms with Gasteiger partial charge < -0.3 is 5.32 Å². The van der Waals surface area contributed by atoms with E-state index >= 15 is 0 Å². The Labute approximate surface area is 166 Å². The average Bonchev–Trinajstić information content (AvgIpc) is 3.12. The molecule has 0 aliphatic rings. The molecule has 8 nitrogen and oxygen atoms in total. The number of hydrogen-bond donors (Lipinski definition) is 3. The smallest absolute Gasteiger partial charge is 0.262 e. The molecule has 0 radical (unpaired) electrons. The summed E-state index contributed by atoms with van der Waals surface area (Å²) in [6, 6.07) is 11.5. The molecule has 0 fully saturated rings. The fourth-order valence-electron chi connectivity index (χ4n) is 2.30. The number of nitrogens with one attached hydrogen (secondary N) is 3. The maximum Gasteiger partial charge on any atom is 0.262 e. The lowest BCUT2D eigenvalue weighted by Crippen LogP contribution is -2.45. The van der Waals surface area contributed by atoms with Gasteiger partial charge in [0.2, 0.25) is 5.82 Å². The third-order valence-corrected chi connectivity index (χ3v) is 4.12. The minimum Gasteiger partial charge on any atom is -0.331 e. The Bertz CT molecular complexity index is 1000. The third-order valence-electron chi connectivity index (χ3n) is 3.92. The molecule has 0 saturated heterocycles. The van der Waals surface area contributed by atoms with E-state index in [9.17, 15) is 9.18 Å². The first kappa shape index (κ1) is 19.4. The van der Waals surface area contributed by atoms with Gasteiger partial charge in [0.25, 0.3) is 5.91 Å². The standard InChI is InChI=1S/C18H18FN7OS/c1-11-3-8-15(9-12(11)2)20-18(28)23-21-16(27)10-26-24-17(22-25-26)13-4-6-14(19)7-5-13/h3-9H,10H2,1-2H3,(H,21,27)(H2,20,23,28). The molecule has 1 aromatic heterocycles. The normalized spacial score (nSPS) is 10.4. The molecule has 0 bridgehead atoms. The van der Waals surface area contributed by atoms with Crippen molar-refractivity contribution in [3.63, 3.8) is 0 Å². The van der Waals surface area contributed by atoms with Crippen LogP contribution in [0, 0.1) is 19.7 Å². The number of aromatic nitrogens is 4. The Kier molecular flexibility index (Phi) is 5.90. The summed E-state index contributed by atoms with van der Waals surface area (Å²) in [5.74, 6) is -0.466. The monoisotopic (exact) mass is 399 g/mol. The van der Waals surface area contributed by atoms with Gasteiger partial charge in [-0.1, -0.05) is 6.07 Å². The third kappa shape index (κ3) is 5.07. The summed E-state index contributed by atoms with van der Waals surface area (Å²) in [4.78, 5) is 13.2. The number of benzene rings is 2. The predicted octanol–water partition coefficient (Wildman–Crippen LogP) is 2.11. The van der Waals surface area contributed by atoms with Crippen LogP contribution in [0.2, 0.25) is 0 Å². The molecular formula is C18H18FN7OS. The second-order valence-corrected chi connectivity index (χ2v) is 6.48. The number of anilines is 1. The van der Waals surface area contributed by atoms with Gasteiger partial charge in [0.05, 0.1) is 0 Å². The highest BCUT2D eigenvalue weighted by molar-refractivity contribution is 7.80. The van der Waals surface area contributed by atoms with Gasteiger partial charge in [-0.15, -0.1) is 10.2 Å². The number of hydrogen-bond acceptors (Lipinski definition) is 5. The van der Waals surface area contributed by atoms with E-state index in [4.69, 9.17) is 12.2 Å². The number of aryl methyl sites for hydroxylation is 2. The van der Waals surface area contributed by atoms with Gasteiger partial charge in [-0.2, -0.15) is 4.80 Å². The number of thiocarbonyl (C=S) groups is 1. The summed E-state index contributed by atoms with van der Waals surface area (Å²) < 4.78 is 13.0. The Morgan fingerprint density at radius 1 is 1.11 bits per heavy atom. The first-order chi connectivity index (χ1) is 13.4. The minimum atomic E-state index is -0.410. The summed E-state index contributed by atoms with van der Waals surface area (Å²) in [5, 5.41) is 15.0. The van der Waals surface area contributed by atoms with Gasteiger partial charge in [-0.25, -0.2) is 4.39 Å². The molecule has 10 heteroatoms. The summed E-state index contributed by atoms with van der Waals surface area (Å²) >= 11 is 5.16. The van der Waals surface area contributed by atoms with Gasteiger partial charge in [-0.3, -0.25) is 15.6 Å². The Balaban J connectivity index is 1.49. The summed E-state index contributed by atoms with van der Waals surface area (Å²) in [6.07, 6.45) is 0. The van der Waals surface area contributed by atoms with E-state index in [1.54, 1.807) is 0 Å². The van der Waals surface area contributed by atoms with Crippen LogP contribution in [0.15, 0.2) is 42.5 Å². The highest BCUT2D eigenvalue weighted by Crippen LogP contribution is 2.14. The quantitative estimate of drug-likeness (QED) is 0.457. The second-order valence-electron chi connectivity index (χ2n) is 6.08. The zero-order valence-corrected chi connectivity index (χ0v) is 16.0. The summed E-state index contributed by atoms with van der Waals surface area (Å²) in [6.45, 7) is 3.87. The molecular weight excluding hydrogens is 381 g/mol. The van der Waals surface area contributed by atoms with Gasteiger partial charge in [-0.05, 0) is 78.8 Å². The molecule has 3 N–H and O–H groups in total. The lowest BCUT2D eigenvalue weighted by molar-refractivity contribution is -0.122. The van der Waals surface area contributed by atoms with E-state index in [1.165, 1.54) is 29.8 Å². The molecule has 0 aliphatic carbocycles. The predicted molar refractivity (Wildman–Crippen MR) is 107 cm³/mol. The number of carbonyl (C=O) groups excluding carboxylic acids is 1. The highest BCUT2D eigenvalue weighted by atomic mass is 32.1. The molecule has 0 aliphatic heterocycles. The fraction of sp³-hybridized carbons (Fsp3) is 0.167. The zero-order chi connectivity index (χ0) is 20.1. The van der Waals surface area contributed by atoms with Crippen LogP contribution in [-0.2, 0) is 11.3 Å². The number of tetrazole rings is 1. The van der Waals surface area contributed by atoms with Crippen molar-refractivity contribution in [1.29, 1.82) is 0 Å². The summed E-state index contributed by atoms with van der Waals surface area (Å²) in [7, 11) is 0. The fourth-order valence-corrected chi connectivity index (χ4v) is 2.47. The SMILES string of the molecule is Cc1ccc(NC(=S)NNC(=O)Cn2nnc(-c3ccc(F)cc3)n2)cc1C. The van der Waals surface area contributed by atoms with E-state index in [1.807, 2.05) is 32.0 Å². The van der Waals surface area contributed by atoms with E-state index in [2.05, 4.69) is 31.6 Å². The largest absolute Gasteiger partial charge is 0.331 e. The van der Waals surface area contributed by atoms with E-state index in [0.29, 0.717) is 11.4 Å². The van der Waals surface area contributed by atoms with Crippen LogP contribution in [-0.4, -0.2) is 31.2 Å². The molecule has 2 aromatic carbocycles. The molecule has 28 heavy (non-hydrogen) atoms. The average molecular weight is 399 g/mol. The van der Waals surface area contributed by atoms with E-state index in [-0.39, 0.29) is 17.5 Å². The highest BCUT2D eigenvalue weighted by Gasteiger charge is 2.10. The van der Waals surface area contributed by atoms with Crippen LogP contribution in [0.3, 0.4) is 0 Å². The van der Waals surface area contributed by atoms with E-state index < -0.39 is 5.91 Å². The number of halogens is 1. The first-order valence-electron chi connectivity index (χ1n) is 8.37. The topological polar surface area (TPSA) is 96.8 Å². The molecule has 1 heterocycles. The van der Waals surface area contributed by atoms with Crippen LogP contribution in [0.5, 0.6) is 0 Å². The van der Waals surface area contributed by atoms with Gasteiger partial charge in [0.15, 0.2) is 5.11 Å². The van der Waals surface area contributed by atoms with Crippen molar-refractivity contribution in [3.05, 3.63) is 59.4 Å². The zero-order valence-electron chi connectivity index (χ0n) is 15.2. The van der Waals surface area contributed by atoms with Crippen LogP contribution >= 0.6 is 12.2 Å². The number of nitrogens with zero attached hydrogens (tertiary/aromatic N) is 4. The molecule has 0 unspecified atom stereocenters. The molecule has 1 amide bonds. The Hall–Kier alpha value is -3.40. The maximum absolute atomic E-state index is 13.0. The van der Waals surface area contributed by atoms with Crippen LogP contribution in [0.1, 0.15) is 11.1 Å².